The molecule has 0 saturated heterocycles. The monoisotopic (exact) mass is 290 g/mol. The van der Waals surface area contributed by atoms with Crippen LogP contribution in [0.3, 0.4) is 0 Å². The highest BCUT2D eigenvalue weighted by molar-refractivity contribution is 6.33. The van der Waals surface area contributed by atoms with Crippen molar-refractivity contribution < 1.29 is 0 Å². The fourth-order valence-electron chi connectivity index (χ4n) is 3.46. The Labute approximate surface area is 127 Å². The van der Waals surface area contributed by atoms with Gasteiger partial charge in [0.25, 0.3) is 0 Å². The Morgan fingerprint density at radius 2 is 2.00 bits per heavy atom. The minimum atomic E-state index is -0.512. The Kier molecular flexibility index (Phi) is 4.30. The van der Waals surface area contributed by atoms with Crippen LogP contribution >= 0.6 is 11.6 Å². The molecule has 20 heavy (non-hydrogen) atoms. The summed E-state index contributed by atoms with van der Waals surface area (Å²) >= 11 is 6.25. The molecule has 1 aliphatic rings. The van der Waals surface area contributed by atoms with Gasteiger partial charge < -0.3 is 5.32 Å². The molecule has 0 heterocycles. The predicted octanol–water partition coefficient (Wildman–Crippen LogP) is 5.25. The van der Waals surface area contributed by atoms with Crippen LogP contribution in [0.1, 0.15) is 46.5 Å². The minimum absolute atomic E-state index is 0.102. The minimum Gasteiger partial charge on any atom is -0.366 e. The summed E-state index contributed by atoms with van der Waals surface area (Å²) in [5.74, 6) is 0.324. The Hall–Kier alpha value is -1.20. The standard InChI is InChI=1S/C17H23ClN2/c1-16(2,3)15-10-6-7-11-17(15,12-19)20-14-9-5-4-8-13(14)18/h4-5,8-9,15,20H,6-7,10-11H2,1-3H3. The molecule has 3 heteroatoms. The number of nitrogens with one attached hydrogen (secondary N) is 1. The van der Waals surface area contributed by atoms with E-state index in [0.717, 1.165) is 24.9 Å². The van der Waals surface area contributed by atoms with Gasteiger partial charge in [-0.2, -0.15) is 5.26 Å². The van der Waals surface area contributed by atoms with Crippen molar-refractivity contribution in [2.45, 2.75) is 52.0 Å². The first-order valence-electron chi connectivity index (χ1n) is 7.33. The molecule has 2 unspecified atom stereocenters. The molecule has 1 fully saturated rings. The summed E-state index contributed by atoms with van der Waals surface area (Å²) in [5.41, 5.74) is 0.457. The van der Waals surface area contributed by atoms with Gasteiger partial charge in [0, 0.05) is 5.92 Å². The maximum absolute atomic E-state index is 9.87. The molecule has 0 bridgehead atoms. The van der Waals surface area contributed by atoms with E-state index in [1.807, 2.05) is 24.3 Å². The van der Waals surface area contributed by atoms with E-state index in [4.69, 9.17) is 11.6 Å². The smallest absolute Gasteiger partial charge is 0.128 e. The van der Waals surface area contributed by atoms with Crippen LogP contribution in [0.2, 0.25) is 5.02 Å². The number of hydrogen-bond donors (Lipinski definition) is 1. The quantitative estimate of drug-likeness (QED) is 0.807. The molecule has 1 aromatic rings. The Morgan fingerprint density at radius 3 is 2.60 bits per heavy atom. The van der Waals surface area contributed by atoms with Gasteiger partial charge in [0.2, 0.25) is 0 Å². The summed E-state index contributed by atoms with van der Waals surface area (Å²) in [6.07, 6.45) is 4.28. The molecular weight excluding hydrogens is 268 g/mol. The van der Waals surface area contributed by atoms with Crippen LogP contribution < -0.4 is 5.32 Å². The third-order valence-corrected chi connectivity index (χ3v) is 4.71. The van der Waals surface area contributed by atoms with Gasteiger partial charge in [0.15, 0.2) is 0 Å². The number of halogens is 1. The van der Waals surface area contributed by atoms with Gasteiger partial charge in [-0.15, -0.1) is 0 Å². The lowest BCUT2D eigenvalue weighted by atomic mass is 9.62. The van der Waals surface area contributed by atoms with E-state index >= 15 is 0 Å². The van der Waals surface area contributed by atoms with Gasteiger partial charge in [-0.3, -0.25) is 0 Å². The predicted molar refractivity (Wildman–Crippen MR) is 84.8 cm³/mol. The Balaban J connectivity index is 2.37. The zero-order valence-corrected chi connectivity index (χ0v) is 13.3. The van der Waals surface area contributed by atoms with Crippen molar-refractivity contribution in [2.75, 3.05) is 5.32 Å². The van der Waals surface area contributed by atoms with Crippen LogP contribution in [0.25, 0.3) is 0 Å². The van der Waals surface area contributed by atoms with E-state index in [9.17, 15) is 5.26 Å². The van der Waals surface area contributed by atoms with Gasteiger partial charge >= 0.3 is 0 Å². The second-order valence-corrected chi connectivity index (χ2v) is 7.26. The van der Waals surface area contributed by atoms with Crippen LogP contribution in [0.5, 0.6) is 0 Å². The average molecular weight is 291 g/mol. The van der Waals surface area contributed by atoms with Crippen molar-refractivity contribution in [3.8, 4) is 6.07 Å². The Morgan fingerprint density at radius 1 is 1.30 bits per heavy atom. The zero-order valence-electron chi connectivity index (χ0n) is 12.5. The zero-order chi connectivity index (χ0) is 14.8. The molecule has 0 aliphatic heterocycles. The first kappa shape index (κ1) is 15.2. The molecule has 0 aromatic heterocycles. The van der Waals surface area contributed by atoms with Crippen LogP contribution in [0.15, 0.2) is 24.3 Å². The maximum Gasteiger partial charge on any atom is 0.128 e. The largest absolute Gasteiger partial charge is 0.366 e. The molecule has 0 radical (unpaired) electrons. The molecule has 1 aliphatic carbocycles. The SMILES string of the molecule is CC(C)(C)C1CCCCC1(C#N)Nc1ccccc1Cl. The number of anilines is 1. The lowest BCUT2D eigenvalue weighted by Crippen LogP contribution is -2.51. The maximum atomic E-state index is 9.87. The first-order chi connectivity index (χ1) is 9.39. The molecular formula is C17H23ClN2. The number of nitriles is 1. The highest BCUT2D eigenvalue weighted by atomic mass is 35.5. The van der Waals surface area contributed by atoms with Crippen molar-refractivity contribution in [1.82, 2.24) is 0 Å². The molecule has 2 atom stereocenters. The summed E-state index contributed by atoms with van der Waals surface area (Å²) in [7, 11) is 0. The number of para-hydroxylation sites is 1. The Bertz CT molecular complexity index is 512. The van der Waals surface area contributed by atoms with Gasteiger partial charge in [0.1, 0.15) is 5.54 Å². The van der Waals surface area contributed by atoms with E-state index in [-0.39, 0.29) is 5.41 Å². The van der Waals surface area contributed by atoms with Gasteiger partial charge in [-0.05, 0) is 30.4 Å². The van der Waals surface area contributed by atoms with Crippen LogP contribution in [0.4, 0.5) is 5.69 Å². The second kappa shape index (κ2) is 5.66. The fraction of sp³-hybridized carbons (Fsp3) is 0.588. The van der Waals surface area contributed by atoms with Gasteiger partial charge in [-0.25, -0.2) is 0 Å². The summed E-state index contributed by atoms with van der Waals surface area (Å²) in [4.78, 5) is 0. The third-order valence-electron chi connectivity index (χ3n) is 4.39. The van der Waals surface area contributed by atoms with Crippen molar-refractivity contribution in [1.29, 1.82) is 5.26 Å². The van der Waals surface area contributed by atoms with Crippen LogP contribution in [-0.4, -0.2) is 5.54 Å². The van der Waals surface area contributed by atoms with Crippen molar-refractivity contribution in [2.24, 2.45) is 11.3 Å². The summed E-state index contributed by atoms with van der Waals surface area (Å²) in [6, 6.07) is 10.3. The molecule has 1 N–H and O–H groups in total. The molecule has 0 amide bonds. The van der Waals surface area contributed by atoms with Gasteiger partial charge in [0.05, 0.1) is 16.8 Å². The normalized spacial score (nSPS) is 26.9. The fourth-order valence-corrected chi connectivity index (χ4v) is 3.64. The van der Waals surface area contributed by atoms with E-state index in [0.29, 0.717) is 10.9 Å². The summed E-state index contributed by atoms with van der Waals surface area (Å²) < 4.78 is 0. The molecule has 0 spiro atoms. The second-order valence-electron chi connectivity index (χ2n) is 6.85. The molecule has 2 nitrogen and oxygen atoms in total. The lowest BCUT2D eigenvalue weighted by molar-refractivity contribution is 0.127. The summed E-state index contributed by atoms with van der Waals surface area (Å²) in [5, 5.41) is 14.0. The first-order valence-corrected chi connectivity index (χ1v) is 7.71. The van der Waals surface area contributed by atoms with Crippen molar-refractivity contribution in [3.63, 3.8) is 0 Å². The van der Waals surface area contributed by atoms with Crippen molar-refractivity contribution >= 4 is 17.3 Å². The topological polar surface area (TPSA) is 35.8 Å². The molecule has 2 rings (SSSR count). The number of benzene rings is 1. The van der Waals surface area contributed by atoms with E-state index < -0.39 is 5.54 Å². The van der Waals surface area contributed by atoms with E-state index in [1.54, 1.807) is 0 Å². The molecule has 1 saturated carbocycles. The number of nitrogens with zero attached hydrogens (tertiary/aromatic N) is 1. The lowest BCUT2D eigenvalue weighted by Gasteiger charge is -2.46. The van der Waals surface area contributed by atoms with Crippen LogP contribution in [-0.2, 0) is 0 Å². The van der Waals surface area contributed by atoms with Gasteiger partial charge in [-0.1, -0.05) is 57.3 Å². The highest BCUT2D eigenvalue weighted by Crippen LogP contribution is 2.46. The van der Waals surface area contributed by atoms with Crippen LogP contribution in [0, 0.1) is 22.7 Å². The number of rotatable bonds is 2. The van der Waals surface area contributed by atoms with E-state index in [1.165, 1.54) is 6.42 Å². The average Bonchev–Trinajstić information content (AvgIpc) is 2.41. The third kappa shape index (κ3) is 2.94. The number of hydrogen-bond acceptors (Lipinski definition) is 2. The summed E-state index contributed by atoms with van der Waals surface area (Å²) in [6.45, 7) is 6.68. The highest BCUT2D eigenvalue weighted by Gasteiger charge is 2.46. The molecule has 108 valence electrons. The van der Waals surface area contributed by atoms with Crippen molar-refractivity contribution in [3.05, 3.63) is 29.3 Å². The molecule has 1 aromatic carbocycles. The van der Waals surface area contributed by atoms with E-state index in [2.05, 4.69) is 32.2 Å².